The van der Waals surface area contributed by atoms with Crippen molar-refractivity contribution < 1.29 is 55.1 Å². The minimum absolute atomic E-state index is 0.00193. The van der Waals surface area contributed by atoms with E-state index in [1.165, 1.54) is 62.1 Å². The van der Waals surface area contributed by atoms with Gasteiger partial charge in [-0.25, -0.2) is 18.4 Å². The van der Waals surface area contributed by atoms with Crippen molar-refractivity contribution >= 4 is 34.0 Å². The fourth-order valence-electron chi connectivity index (χ4n) is 3.95. The maximum atomic E-state index is 14.3. The van der Waals surface area contributed by atoms with E-state index in [1.807, 2.05) is 0 Å². The summed E-state index contributed by atoms with van der Waals surface area (Å²) in [7, 11) is 0.888. The second-order valence-electron chi connectivity index (χ2n) is 8.65. The van der Waals surface area contributed by atoms with Crippen LogP contribution in [0.2, 0.25) is 0 Å². The fourth-order valence-corrected chi connectivity index (χ4v) is 5.17. The summed E-state index contributed by atoms with van der Waals surface area (Å²) in [6.07, 6.45) is -5.12. The van der Waals surface area contributed by atoms with Crippen molar-refractivity contribution in [2.24, 2.45) is 0 Å². The third kappa shape index (κ3) is 6.99. The average molecular weight is 623 g/mol. The van der Waals surface area contributed by atoms with Gasteiger partial charge in [-0.1, -0.05) is 12.1 Å². The van der Waals surface area contributed by atoms with Crippen LogP contribution in [0.25, 0.3) is 5.57 Å². The minimum Gasteiger partial charge on any atom is -0.494 e. The molecular weight excluding hydrogens is 600 g/mol. The van der Waals surface area contributed by atoms with Gasteiger partial charge >= 0.3 is 12.1 Å². The molecule has 0 saturated carbocycles. The quantitative estimate of drug-likeness (QED) is 0.147. The largest absolute Gasteiger partial charge is 0.494 e. The highest BCUT2D eigenvalue weighted by Gasteiger charge is 2.40. The number of amides is 1. The number of alkyl halides is 3. The number of Topliss-reactive ketones (excluding diaryl/α,β-unsaturated/α-hetero) is 1. The van der Waals surface area contributed by atoms with E-state index in [4.69, 9.17) is 14.2 Å². The molecule has 1 amide bonds. The Morgan fingerprint density at radius 2 is 1.67 bits per heavy atom. The van der Waals surface area contributed by atoms with Crippen molar-refractivity contribution in [2.45, 2.75) is 11.1 Å². The molecule has 43 heavy (non-hydrogen) atoms. The standard InChI is InChI=1S/C28H22F4N2O8S/c1-39-22-9-7-19(34-24(22)17-14-43(38)25-16(17)4-3-5-18(25)29)20(35)13-33-26(36)15-6-8-21(23(12-15)40-2)41-10-11-42-27(37)28(30,31)32/h3-9,12,14H,10-11,13H2,1-2H3,(H,33,36). The third-order valence-corrected chi connectivity index (χ3v) is 7.21. The minimum atomic E-state index is -5.12. The van der Waals surface area contributed by atoms with E-state index in [-0.39, 0.29) is 39.1 Å². The van der Waals surface area contributed by atoms with Crippen LogP contribution in [0, 0.1) is 5.82 Å². The number of nitrogens with zero attached hydrogens (tertiary/aromatic N) is 1. The van der Waals surface area contributed by atoms with Crippen molar-refractivity contribution in [3.8, 4) is 17.2 Å². The van der Waals surface area contributed by atoms with Crippen molar-refractivity contribution in [1.29, 1.82) is 0 Å². The highest BCUT2D eigenvalue weighted by molar-refractivity contribution is 7.88. The highest BCUT2D eigenvalue weighted by atomic mass is 32.2. The number of pyridine rings is 1. The van der Waals surface area contributed by atoms with Gasteiger partial charge in [0.15, 0.2) is 17.3 Å². The zero-order chi connectivity index (χ0) is 31.3. The number of nitrogens with one attached hydrogen (secondary N) is 1. The van der Waals surface area contributed by atoms with Crippen LogP contribution in [0.3, 0.4) is 0 Å². The Kier molecular flexibility index (Phi) is 9.43. The summed E-state index contributed by atoms with van der Waals surface area (Å²) in [5.41, 5.74) is 0.884. The van der Waals surface area contributed by atoms with E-state index in [0.29, 0.717) is 11.1 Å². The number of benzene rings is 2. The molecule has 0 radical (unpaired) electrons. The Morgan fingerprint density at radius 3 is 2.37 bits per heavy atom. The molecule has 3 aromatic rings. The number of rotatable bonds is 11. The fraction of sp³-hybridized carbons (Fsp3) is 0.214. The molecule has 10 nitrogen and oxygen atoms in total. The summed E-state index contributed by atoms with van der Waals surface area (Å²) < 4.78 is 83.3. The molecule has 2 heterocycles. The first-order valence-corrected chi connectivity index (χ1v) is 13.5. The molecule has 0 fully saturated rings. The molecule has 0 spiro atoms. The predicted molar refractivity (Wildman–Crippen MR) is 143 cm³/mol. The SMILES string of the molecule is COc1cc(C(=O)NCC(=O)c2ccc(OC)c(C3=CS(=O)c4c(F)cccc43)n2)ccc1OCCOC(=O)C(F)(F)F. The Bertz CT molecular complexity index is 1640. The molecule has 0 bridgehead atoms. The van der Waals surface area contributed by atoms with Crippen LogP contribution in [0.1, 0.15) is 32.1 Å². The normalized spacial score (nSPS) is 13.9. The van der Waals surface area contributed by atoms with Crippen LogP contribution in [-0.2, 0) is 20.3 Å². The highest BCUT2D eigenvalue weighted by Crippen LogP contribution is 2.39. The van der Waals surface area contributed by atoms with Gasteiger partial charge in [0.2, 0.25) is 0 Å². The van der Waals surface area contributed by atoms with Gasteiger partial charge in [0.25, 0.3) is 5.91 Å². The number of hydrogen-bond donors (Lipinski definition) is 1. The smallest absolute Gasteiger partial charge is 0.490 e. The first kappa shape index (κ1) is 31.2. The molecule has 0 saturated heterocycles. The van der Waals surface area contributed by atoms with Gasteiger partial charge in [0, 0.05) is 22.1 Å². The Balaban J connectivity index is 1.42. The number of esters is 1. The lowest BCUT2D eigenvalue weighted by atomic mass is 10.0. The van der Waals surface area contributed by atoms with Gasteiger partial charge in [-0.05, 0) is 36.4 Å². The summed E-state index contributed by atoms with van der Waals surface area (Å²) in [5.74, 6) is -3.84. The Morgan fingerprint density at radius 1 is 0.953 bits per heavy atom. The first-order valence-electron chi connectivity index (χ1n) is 12.3. The lowest BCUT2D eigenvalue weighted by Gasteiger charge is -2.13. The number of hydrogen-bond acceptors (Lipinski definition) is 9. The second-order valence-corrected chi connectivity index (χ2v) is 9.89. The van der Waals surface area contributed by atoms with E-state index < -0.39 is 60.2 Å². The maximum Gasteiger partial charge on any atom is 0.490 e. The number of ether oxygens (including phenoxy) is 4. The van der Waals surface area contributed by atoms with Gasteiger partial charge in [-0.3, -0.25) is 9.59 Å². The first-order chi connectivity index (χ1) is 20.4. The third-order valence-electron chi connectivity index (χ3n) is 5.94. The summed E-state index contributed by atoms with van der Waals surface area (Å²) in [4.78, 5) is 40.8. The molecular formula is C28H22F4N2O8S. The lowest BCUT2D eigenvalue weighted by Crippen LogP contribution is -2.30. The van der Waals surface area contributed by atoms with E-state index in [9.17, 15) is 36.2 Å². The van der Waals surface area contributed by atoms with Gasteiger partial charge in [-0.2, -0.15) is 13.2 Å². The molecule has 0 aliphatic carbocycles. The van der Waals surface area contributed by atoms with Crippen molar-refractivity contribution in [1.82, 2.24) is 10.3 Å². The van der Waals surface area contributed by atoms with Crippen LogP contribution in [0.5, 0.6) is 17.2 Å². The number of ketones is 1. The molecule has 1 aromatic heterocycles. The van der Waals surface area contributed by atoms with Crippen molar-refractivity contribution in [3.05, 3.63) is 82.3 Å². The Labute approximate surface area is 244 Å². The summed E-state index contributed by atoms with van der Waals surface area (Å²) in [5, 5.41) is 3.79. The second kappa shape index (κ2) is 13.0. The monoisotopic (exact) mass is 622 g/mol. The van der Waals surface area contributed by atoms with Gasteiger partial charge < -0.3 is 24.3 Å². The number of halogens is 4. The predicted octanol–water partition coefficient (Wildman–Crippen LogP) is 3.85. The molecule has 4 rings (SSSR count). The molecule has 1 aliphatic rings. The van der Waals surface area contributed by atoms with E-state index in [1.54, 1.807) is 6.07 Å². The molecule has 1 aliphatic heterocycles. The van der Waals surface area contributed by atoms with E-state index in [2.05, 4.69) is 15.0 Å². The van der Waals surface area contributed by atoms with Gasteiger partial charge in [0.1, 0.15) is 36.2 Å². The van der Waals surface area contributed by atoms with Crippen LogP contribution in [0.4, 0.5) is 17.6 Å². The van der Waals surface area contributed by atoms with E-state index >= 15 is 0 Å². The average Bonchev–Trinajstić information content (AvgIpc) is 3.33. The summed E-state index contributed by atoms with van der Waals surface area (Å²) in [6, 6.07) is 11.0. The van der Waals surface area contributed by atoms with Gasteiger partial charge in [0.05, 0.1) is 36.5 Å². The van der Waals surface area contributed by atoms with Crippen LogP contribution in [0.15, 0.2) is 58.8 Å². The number of carbonyl (C=O) groups excluding carboxylic acids is 3. The number of aromatic nitrogens is 1. The maximum absolute atomic E-state index is 14.3. The van der Waals surface area contributed by atoms with Crippen molar-refractivity contribution in [3.63, 3.8) is 0 Å². The molecule has 1 unspecified atom stereocenters. The van der Waals surface area contributed by atoms with Crippen LogP contribution >= 0.6 is 0 Å². The number of methoxy groups -OCH3 is 2. The molecule has 1 atom stereocenters. The molecule has 226 valence electrons. The molecule has 2 aromatic carbocycles. The number of fused-ring (bicyclic) bond motifs is 1. The van der Waals surface area contributed by atoms with Crippen molar-refractivity contribution in [2.75, 3.05) is 34.0 Å². The molecule has 1 N–H and O–H groups in total. The zero-order valence-corrected chi connectivity index (χ0v) is 23.3. The Hall–Kier alpha value is -4.79. The lowest BCUT2D eigenvalue weighted by molar-refractivity contribution is -0.200. The zero-order valence-electron chi connectivity index (χ0n) is 22.5. The number of carbonyl (C=O) groups is 3. The van der Waals surface area contributed by atoms with Crippen LogP contribution < -0.4 is 19.5 Å². The van der Waals surface area contributed by atoms with E-state index in [0.717, 1.165) is 0 Å². The van der Waals surface area contributed by atoms with Crippen LogP contribution in [-0.4, -0.2) is 67.0 Å². The summed E-state index contributed by atoms with van der Waals surface area (Å²) in [6.45, 7) is -1.55. The topological polar surface area (TPSA) is 130 Å². The molecule has 15 heteroatoms. The summed E-state index contributed by atoms with van der Waals surface area (Å²) >= 11 is 0. The van der Waals surface area contributed by atoms with Gasteiger partial charge in [-0.15, -0.1) is 0 Å².